The van der Waals surface area contributed by atoms with Crippen molar-refractivity contribution in [1.29, 1.82) is 0 Å². The number of benzene rings is 1. The van der Waals surface area contributed by atoms with Crippen LogP contribution in [0.2, 0.25) is 0 Å². The van der Waals surface area contributed by atoms with E-state index in [0.717, 1.165) is 21.1 Å². The van der Waals surface area contributed by atoms with Crippen molar-refractivity contribution in [2.75, 3.05) is 0 Å². The number of rotatable bonds is 3. The zero-order valence-electron chi connectivity index (χ0n) is 10.6. The van der Waals surface area contributed by atoms with E-state index < -0.39 is 5.97 Å². The maximum absolute atomic E-state index is 11.0. The highest BCUT2D eigenvalue weighted by Crippen LogP contribution is 2.29. The third kappa shape index (κ3) is 2.37. The Hall–Kier alpha value is -2.34. The fourth-order valence-electron chi connectivity index (χ4n) is 1.90. The average molecular weight is 285 g/mol. The summed E-state index contributed by atoms with van der Waals surface area (Å²) in [5.41, 5.74) is 2.10. The van der Waals surface area contributed by atoms with Crippen LogP contribution < -0.4 is 0 Å². The Morgan fingerprint density at radius 1 is 1.35 bits per heavy atom. The molecular weight excluding hydrogens is 274 g/mol. The molecule has 100 valence electrons. The van der Waals surface area contributed by atoms with Gasteiger partial charge in [-0.05, 0) is 31.2 Å². The quantitative estimate of drug-likeness (QED) is 0.801. The number of nitrogens with zero attached hydrogens (tertiary/aromatic N) is 3. The van der Waals surface area contributed by atoms with Crippen molar-refractivity contribution in [3.63, 3.8) is 0 Å². The Kier molecular flexibility index (Phi) is 3.15. The smallest absolute Gasteiger partial charge is 0.335 e. The lowest BCUT2D eigenvalue weighted by atomic mass is 10.2. The van der Waals surface area contributed by atoms with Gasteiger partial charge in [0.1, 0.15) is 5.03 Å². The summed E-state index contributed by atoms with van der Waals surface area (Å²) in [5.74, 6) is -0.932. The van der Waals surface area contributed by atoms with E-state index >= 15 is 0 Å². The van der Waals surface area contributed by atoms with E-state index in [2.05, 4.69) is 10.1 Å². The summed E-state index contributed by atoms with van der Waals surface area (Å²) in [7, 11) is 0. The Morgan fingerprint density at radius 2 is 2.20 bits per heavy atom. The minimum atomic E-state index is -0.932. The summed E-state index contributed by atoms with van der Waals surface area (Å²) >= 11 is 1.43. The van der Waals surface area contributed by atoms with E-state index in [1.807, 2.05) is 19.1 Å². The second kappa shape index (κ2) is 4.97. The average Bonchev–Trinajstić information content (AvgIpc) is 2.80. The van der Waals surface area contributed by atoms with Gasteiger partial charge < -0.3 is 5.11 Å². The van der Waals surface area contributed by atoms with Crippen LogP contribution >= 0.6 is 11.8 Å². The number of carboxylic acid groups (broad SMARTS) is 1. The SMILES string of the molecule is Cc1cc2c(Sc3cccc(C(=O)O)c3)nccn2n1. The number of carbonyl (C=O) groups is 1. The van der Waals surface area contributed by atoms with Gasteiger partial charge in [-0.3, -0.25) is 0 Å². The Labute approximate surface area is 119 Å². The summed E-state index contributed by atoms with van der Waals surface area (Å²) in [6.07, 6.45) is 3.48. The molecule has 0 aliphatic heterocycles. The van der Waals surface area contributed by atoms with Crippen LogP contribution in [-0.4, -0.2) is 25.7 Å². The molecule has 2 heterocycles. The highest BCUT2D eigenvalue weighted by Gasteiger charge is 2.09. The molecule has 1 N–H and O–H groups in total. The number of hydrogen-bond donors (Lipinski definition) is 1. The minimum Gasteiger partial charge on any atom is -0.478 e. The van der Waals surface area contributed by atoms with Gasteiger partial charge in [-0.1, -0.05) is 17.8 Å². The fraction of sp³-hybridized carbons (Fsp3) is 0.0714. The Balaban J connectivity index is 2.01. The first-order chi connectivity index (χ1) is 9.63. The molecule has 0 fully saturated rings. The summed E-state index contributed by atoms with van der Waals surface area (Å²) in [5, 5.41) is 14.1. The van der Waals surface area contributed by atoms with Crippen LogP contribution in [0.5, 0.6) is 0 Å². The van der Waals surface area contributed by atoms with Crippen molar-refractivity contribution in [2.24, 2.45) is 0 Å². The molecule has 0 radical (unpaired) electrons. The maximum Gasteiger partial charge on any atom is 0.335 e. The molecule has 1 aromatic carbocycles. The lowest BCUT2D eigenvalue weighted by Crippen LogP contribution is -1.95. The largest absolute Gasteiger partial charge is 0.478 e. The number of aromatic carboxylic acids is 1. The van der Waals surface area contributed by atoms with Crippen molar-refractivity contribution in [3.05, 3.63) is 54.0 Å². The van der Waals surface area contributed by atoms with Gasteiger partial charge in [0.05, 0.1) is 16.8 Å². The lowest BCUT2D eigenvalue weighted by molar-refractivity contribution is 0.0696. The van der Waals surface area contributed by atoms with Gasteiger partial charge in [-0.2, -0.15) is 5.10 Å². The molecule has 5 nitrogen and oxygen atoms in total. The van der Waals surface area contributed by atoms with Crippen molar-refractivity contribution in [2.45, 2.75) is 16.8 Å². The minimum absolute atomic E-state index is 0.270. The van der Waals surface area contributed by atoms with Gasteiger partial charge in [0, 0.05) is 17.3 Å². The molecule has 0 saturated heterocycles. The van der Waals surface area contributed by atoms with Gasteiger partial charge in [0.15, 0.2) is 0 Å². The third-order valence-electron chi connectivity index (χ3n) is 2.77. The summed E-state index contributed by atoms with van der Waals surface area (Å²) in [6, 6.07) is 8.76. The third-order valence-corrected chi connectivity index (χ3v) is 3.77. The van der Waals surface area contributed by atoms with Gasteiger partial charge in [0.25, 0.3) is 0 Å². The molecule has 2 aromatic heterocycles. The second-order valence-electron chi connectivity index (χ2n) is 4.28. The zero-order chi connectivity index (χ0) is 14.1. The van der Waals surface area contributed by atoms with Gasteiger partial charge in [-0.15, -0.1) is 0 Å². The van der Waals surface area contributed by atoms with E-state index in [1.54, 1.807) is 35.1 Å². The van der Waals surface area contributed by atoms with Crippen molar-refractivity contribution in [1.82, 2.24) is 14.6 Å². The fourth-order valence-corrected chi connectivity index (χ4v) is 2.83. The molecule has 0 saturated carbocycles. The molecule has 3 aromatic rings. The van der Waals surface area contributed by atoms with Crippen LogP contribution in [0, 0.1) is 6.92 Å². The maximum atomic E-state index is 11.0. The topological polar surface area (TPSA) is 67.5 Å². The highest BCUT2D eigenvalue weighted by molar-refractivity contribution is 7.99. The van der Waals surface area contributed by atoms with Crippen LogP contribution in [0.15, 0.2) is 52.6 Å². The van der Waals surface area contributed by atoms with Gasteiger partial charge in [0.2, 0.25) is 0 Å². The molecule has 20 heavy (non-hydrogen) atoms. The molecule has 6 heteroatoms. The number of hydrogen-bond acceptors (Lipinski definition) is 4. The normalized spacial score (nSPS) is 10.8. The van der Waals surface area contributed by atoms with E-state index in [1.165, 1.54) is 11.8 Å². The Morgan fingerprint density at radius 3 is 3.00 bits per heavy atom. The predicted molar refractivity (Wildman–Crippen MR) is 75.2 cm³/mol. The van der Waals surface area contributed by atoms with Crippen LogP contribution in [-0.2, 0) is 0 Å². The number of aromatic nitrogens is 3. The van der Waals surface area contributed by atoms with Crippen LogP contribution in [0.4, 0.5) is 0 Å². The first-order valence-electron chi connectivity index (χ1n) is 5.96. The molecule has 0 spiro atoms. The summed E-state index contributed by atoms with van der Waals surface area (Å²) < 4.78 is 1.77. The predicted octanol–water partition coefficient (Wildman–Crippen LogP) is 2.89. The number of fused-ring (bicyclic) bond motifs is 1. The first kappa shape index (κ1) is 12.7. The van der Waals surface area contributed by atoms with E-state index in [4.69, 9.17) is 5.11 Å². The monoisotopic (exact) mass is 285 g/mol. The molecular formula is C14H11N3O2S. The molecule has 0 aliphatic rings. The van der Waals surface area contributed by atoms with E-state index in [9.17, 15) is 4.79 Å². The molecule has 0 bridgehead atoms. The number of carboxylic acids is 1. The van der Waals surface area contributed by atoms with Crippen molar-refractivity contribution < 1.29 is 9.90 Å². The molecule has 3 rings (SSSR count). The van der Waals surface area contributed by atoms with Crippen molar-refractivity contribution >= 4 is 23.2 Å². The molecule has 0 unspecified atom stereocenters. The first-order valence-corrected chi connectivity index (χ1v) is 6.77. The summed E-state index contributed by atoms with van der Waals surface area (Å²) in [6.45, 7) is 1.92. The Bertz CT molecular complexity index is 798. The second-order valence-corrected chi connectivity index (χ2v) is 5.35. The zero-order valence-corrected chi connectivity index (χ0v) is 11.5. The molecule has 0 atom stereocenters. The lowest BCUT2D eigenvalue weighted by Gasteiger charge is -2.03. The number of aryl methyl sites for hydroxylation is 1. The molecule has 0 amide bonds. The van der Waals surface area contributed by atoms with Gasteiger partial charge >= 0.3 is 5.97 Å². The highest BCUT2D eigenvalue weighted by atomic mass is 32.2. The van der Waals surface area contributed by atoms with Crippen LogP contribution in [0.25, 0.3) is 5.52 Å². The standard InChI is InChI=1S/C14H11N3O2S/c1-9-7-12-13(15-5-6-17(12)16-9)20-11-4-2-3-10(8-11)14(18)19/h2-8H,1H3,(H,18,19). The molecule has 0 aliphatic carbocycles. The van der Waals surface area contributed by atoms with E-state index in [0.29, 0.717) is 0 Å². The van der Waals surface area contributed by atoms with E-state index in [-0.39, 0.29) is 5.56 Å². The summed E-state index contributed by atoms with van der Waals surface area (Å²) in [4.78, 5) is 16.2. The van der Waals surface area contributed by atoms with Gasteiger partial charge in [-0.25, -0.2) is 14.3 Å². The van der Waals surface area contributed by atoms with Crippen LogP contribution in [0.3, 0.4) is 0 Å². The van der Waals surface area contributed by atoms with Crippen LogP contribution in [0.1, 0.15) is 16.1 Å². The van der Waals surface area contributed by atoms with Crippen molar-refractivity contribution in [3.8, 4) is 0 Å².